The Morgan fingerprint density at radius 3 is 2.27 bits per heavy atom. The number of carbonyl (C=O) groups is 1. The fraction of sp³-hybridized carbons (Fsp3) is 0.150. The summed E-state index contributed by atoms with van der Waals surface area (Å²) in [5.41, 5.74) is 1.63. The van der Waals surface area contributed by atoms with E-state index in [4.69, 9.17) is 15.4 Å². The van der Waals surface area contributed by atoms with Gasteiger partial charge in [0.1, 0.15) is 17.4 Å². The second-order valence-electron chi connectivity index (χ2n) is 5.60. The van der Waals surface area contributed by atoms with Crippen molar-refractivity contribution in [1.82, 2.24) is 0 Å². The van der Waals surface area contributed by atoms with Gasteiger partial charge in [0.25, 0.3) is 11.5 Å². The summed E-state index contributed by atoms with van der Waals surface area (Å²) in [6.45, 7) is 0. The number of rotatable bonds is 6. The molecule has 6 heteroatoms. The Balaban J connectivity index is 2.51. The van der Waals surface area contributed by atoms with Crippen molar-refractivity contribution in [2.45, 2.75) is 0 Å². The van der Waals surface area contributed by atoms with Crippen molar-refractivity contribution in [2.75, 3.05) is 26.1 Å². The van der Waals surface area contributed by atoms with Crippen LogP contribution in [-0.4, -0.2) is 32.9 Å². The van der Waals surface area contributed by atoms with Crippen LogP contribution in [0.3, 0.4) is 0 Å². The molecular weight excluding hydrogens is 328 g/mol. The van der Waals surface area contributed by atoms with Crippen LogP contribution in [0.15, 0.2) is 60.4 Å². The van der Waals surface area contributed by atoms with Gasteiger partial charge in [0.2, 0.25) is 0 Å². The van der Waals surface area contributed by atoms with Gasteiger partial charge >= 0.3 is 0 Å². The molecule has 0 aliphatic rings. The molecule has 0 aliphatic carbocycles. The van der Waals surface area contributed by atoms with Gasteiger partial charge in [-0.1, -0.05) is 0 Å². The minimum atomic E-state index is -0.279. The lowest BCUT2D eigenvalue weighted by Crippen LogP contribution is -2.36. The van der Waals surface area contributed by atoms with E-state index in [1.165, 1.54) is 6.08 Å². The first-order valence-corrected chi connectivity index (χ1v) is 7.79. The number of benzene rings is 1. The topological polar surface area (TPSA) is 81.1 Å². The summed E-state index contributed by atoms with van der Waals surface area (Å²) in [7, 11) is 5.40. The molecule has 0 bridgehead atoms. The smallest absolute Gasteiger partial charge is 0.260 e. The number of allylic oxidation sites excluding steroid dienone is 3. The first-order valence-electron chi connectivity index (χ1n) is 7.79. The van der Waals surface area contributed by atoms with Gasteiger partial charge in [0.05, 0.1) is 7.11 Å². The highest BCUT2D eigenvalue weighted by atomic mass is 16.5. The molecule has 1 heterocycles. The van der Waals surface area contributed by atoms with Gasteiger partial charge in [-0.2, -0.15) is 9.83 Å². The van der Waals surface area contributed by atoms with E-state index in [0.717, 1.165) is 5.69 Å². The number of nitrogens with zero attached hydrogens (tertiary/aromatic N) is 3. The number of carbonyl (C=O) groups excluding carboxylic acids is 1. The fourth-order valence-electron chi connectivity index (χ4n) is 2.26. The number of pyridine rings is 1. The van der Waals surface area contributed by atoms with Crippen LogP contribution in [0.2, 0.25) is 0 Å². The van der Waals surface area contributed by atoms with E-state index in [1.54, 1.807) is 48.3 Å². The molecule has 0 fully saturated rings. The van der Waals surface area contributed by atoms with Crippen LogP contribution in [-0.2, 0) is 0 Å². The van der Waals surface area contributed by atoms with Crippen LogP contribution >= 0.6 is 0 Å². The average molecular weight is 347 g/mol. The lowest BCUT2D eigenvalue weighted by Gasteiger charge is -2.10. The number of anilines is 1. The first kappa shape index (κ1) is 18.7. The second kappa shape index (κ2) is 8.43. The molecule has 0 amide bonds. The molecule has 6 nitrogen and oxygen atoms in total. The molecule has 0 saturated heterocycles. The van der Waals surface area contributed by atoms with Gasteiger partial charge in [-0.25, -0.2) is 0 Å². The maximum Gasteiger partial charge on any atom is 0.260 e. The van der Waals surface area contributed by atoms with Crippen molar-refractivity contribution in [2.24, 2.45) is 0 Å². The zero-order valence-corrected chi connectivity index (χ0v) is 14.9. The van der Waals surface area contributed by atoms with Crippen molar-refractivity contribution in [3.05, 3.63) is 66.0 Å². The summed E-state index contributed by atoms with van der Waals surface area (Å²) in [5, 5.41) is 16.3. The van der Waals surface area contributed by atoms with Gasteiger partial charge in [0, 0.05) is 43.6 Å². The van der Waals surface area contributed by atoms with E-state index >= 15 is 0 Å². The Morgan fingerprint density at radius 2 is 1.81 bits per heavy atom. The summed E-state index contributed by atoms with van der Waals surface area (Å²) in [6.07, 6.45) is 4.83. The summed E-state index contributed by atoms with van der Waals surface area (Å²) in [4.78, 5) is 14.9. The third kappa shape index (κ3) is 4.23. The number of aromatic nitrogens is 1. The monoisotopic (exact) mass is 347 g/mol. The predicted molar refractivity (Wildman–Crippen MR) is 99.4 cm³/mol. The lowest BCUT2D eigenvalue weighted by molar-refractivity contribution is -0.576. The quantitative estimate of drug-likeness (QED) is 0.217. The minimum absolute atomic E-state index is 0.0361. The molecule has 1 aromatic heterocycles. The highest BCUT2D eigenvalue weighted by molar-refractivity contribution is 6.22. The molecule has 1 N–H and O–H groups in total. The van der Waals surface area contributed by atoms with Crippen LogP contribution in [0.1, 0.15) is 10.4 Å². The molecule has 2 rings (SSSR count). The summed E-state index contributed by atoms with van der Waals surface area (Å²) in [6, 6.07) is 12.3. The van der Waals surface area contributed by atoms with E-state index in [1.807, 2.05) is 43.1 Å². The maximum absolute atomic E-state index is 13.0. The second-order valence-corrected chi connectivity index (χ2v) is 5.60. The van der Waals surface area contributed by atoms with Gasteiger partial charge in [-0.05, 0) is 30.1 Å². The summed E-state index contributed by atoms with van der Waals surface area (Å²) in [5.74, 6) is 2.41. The first-order chi connectivity index (χ1) is 12.5. The van der Waals surface area contributed by atoms with Gasteiger partial charge in [-0.3, -0.25) is 10.2 Å². The lowest BCUT2D eigenvalue weighted by atomic mass is 10.1. The molecule has 0 spiro atoms. The van der Waals surface area contributed by atoms with E-state index in [9.17, 15) is 4.79 Å². The molecule has 0 atom stereocenters. The normalized spacial score (nSPS) is 10.5. The number of ether oxygens (including phenoxy) is 1. The highest BCUT2D eigenvalue weighted by Gasteiger charge is 2.23. The van der Waals surface area contributed by atoms with Crippen molar-refractivity contribution in [1.29, 1.82) is 10.7 Å². The Labute approximate surface area is 152 Å². The third-order valence-electron chi connectivity index (χ3n) is 3.73. The number of methoxy groups -OCH3 is 1. The molecule has 0 aliphatic heterocycles. The molecule has 2 aromatic rings. The van der Waals surface area contributed by atoms with Crippen molar-refractivity contribution in [3.63, 3.8) is 0 Å². The van der Waals surface area contributed by atoms with Crippen molar-refractivity contribution in [3.8, 4) is 11.8 Å². The van der Waals surface area contributed by atoms with E-state index in [2.05, 4.69) is 0 Å². The molecule has 130 valence electrons. The van der Waals surface area contributed by atoms with Crippen LogP contribution in [0.5, 0.6) is 5.75 Å². The van der Waals surface area contributed by atoms with Crippen LogP contribution in [0.25, 0.3) is 5.70 Å². The Morgan fingerprint density at radius 1 is 1.19 bits per heavy atom. The molecule has 0 saturated carbocycles. The van der Waals surface area contributed by atoms with E-state index < -0.39 is 0 Å². The molecule has 0 radical (unpaired) electrons. The SMILES string of the molecule is COc1ccc(C(=O)/C(=C/C(=C=N)C#N)[n+]2ccc(N(C)C)cc2)cc1. The number of nitrogens with one attached hydrogen (secondary N) is 1. The maximum atomic E-state index is 13.0. The largest absolute Gasteiger partial charge is 0.497 e. The van der Waals surface area contributed by atoms with Crippen LogP contribution in [0, 0.1) is 16.7 Å². The number of hydrogen-bond donors (Lipinski definition) is 1. The molecule has 0 unspecified atom stereocenters. The van der Waals surface area contributed by atoms with Gasteiger partial charge in [0.15, 0.2) is 12.4 Å². The van der Waals surface area contributed by atoms with Crippen molar-refractivity contribution < 1.29 is 14.1 Å². The number of nitriles is 1. The third-order valence-corrected chi connectivity index (χ3v) is 3.73. The standard InChI is InChI=1S/C20H19N4O2/c1-23(2)17-8-10-24(11-9-17)19(12-15(13-21)14-22)20(25)16-4-6-18(26-3)7-5-16/h4-12,21H,1-3H3/q+1/b19-12-. The Bertz CT molecular complexity index is 914. The number of Topliss-reactive ketones (excluding diaryl/α,β-unsaturated/α-hetero) is 1. The van der Waals surface area contributed by atoms with Gasteiger partial charge in [-0.15, -0.1) is 0 Å². The predicted octanol–water partition coefficient (Wildman–Crippen LogP) is 2.47. The summed E-state index contributed by atoms with van der Waals surface area (Å²) < 4.78 is 6.73. The minimum Gasteiger partial charge on any atom is -0.497 e. The molecular formula is C20H19N4O2+. The molecule has 1 aromatic carbocycles. The average Bonchev–Trinajstić information content (AvgIpc) is 2.68. The summed E-state index contributed by atoms with van der Waals surface area (Å²) >= 11 is 0. The fourth-order valence-corrected chi connectivity index (χ4v) is 2.26. The van der Waals surface area contributed by atoms with Crippen LogP contribution < -0.4 is 14.2 Å². The zero-order valence-electron chi connectivity index (χ0n) is 14.9. The molecule has 26 heavy (non-hydrogen) atoms. The van der Waals surface area contributed by atoms with Gasteiger partial charge < -0.3 is 9.64 Å². The zero-order chi connectivity index (χ0) is 19.1. The Hall–Kier alpha value is -3.68. The number of hydrogen-bond acceptors (Lipinski definition) is 5. The van der Waals surface area contributed by atoms with Crippen molar-refractivity contribution >= 4 is 23.0 Å². The van der Waals surface area contributed by atoms with Crippen LogP contribution in [0.4, 0.5) is 5.69 Å². The van der Waals surface area contributed by atoms with E-state index in [-0.39, 0.29) is 17.1 Å². The number of ketones is 1. The van der Waals surface area contributed by atoms with E-state index in [0.29, 0.717) is 11.3 Å². The highest BCUT2D eigenvalue weighted by Crippen LogP contribution is 2.16. The Kier molecular flexibility index (Phi) is 6.05.